The Kier molecular flexibility index (Phi) is 8.22. The van der Waals surface area contributed by atoms with E-state index in [1.807, 2.05) is 39.1 Å². The molecule has 0 saturated carbocycles. The Morgan fingerprint density at radius 1 is 1.22 bits per heavy atom. The molecule has 3 heterocycles. The zero-order valence-electron chi connectivity index (χ0n) is 20.3. The van der Waals surface area contributed by atoms with E-state index in [9.17, 15) is 9.59 Å². The van der Waals surface area contributed by atoms with E-state index in [4.69, 9.17) is 9.47 Å². The summed E-state index contributed by atoms with van der Waals surface area (Å²) >= 11 is 0. The van der Waals surface area contributed by atoms with E-state index >= 15 is 0 Å². The number of likely N-dealkylation sites (tertiary alicyclic amines) is 1. The van der Waals surface area contributed by atoms with Crippen molar-refractivity contribution in [2.24, 2.45) is 5.92 Å². The summed E-state index contributed by atoms with van der Waals surface area (Å²) in [5.74, 6) is 0.544. The summed E-state index contributed by atoms with van der Waals surface area (Å²) in [4.78, 5) is 29.4. The molecule has 2 saturated heterocycles. The van der Waals surface area contributed by atoms with E-state index in [1.165, 1.54) is 0 Å². The smallest absolute Gasteiger partial charge is 0.410 e. The van der Waals surface area contributed by atoms with Crippen LogP contribution in [-0.2, 0) is 9.47 Å². The molecular weight excluding hydrogens is 408 g/mol. The number of carbonyl (C=O) groups is 2. The monoisotopic (exact) mass is 448 g/mol. The fraction of sp³-hybridized carbons (Fsp3) is 0.750. The SMILES string of the molecule is CC(C)CN1CCOC(CNC(=O)c2cccn2C2CCN(C(=O)OC(C)(C)C)CC2)C1. The summed E-state index contributed by atoms with van der Waals surface area (Å²) in [7, 11) is 0. The van der Waals surface area contributed by atoms with Gasteiger partial charge in [0.05, 0.1) is 12.7 Å². The molecule has 2 aliphatic rings. The summed E-state index contributed by atoms with van der Waals surface area (Å²) in [5, 5.41) is 3.06. The summed E-state index contributed by atoms with van der Waals surface area (Å²) in [6.45, 7) is 15.4. The van der Waals surface area contributed by atoms with E-state index in [-0.39, 0.29) is 24.1 Å². The van der Waals surface area contributed by atoms with Crippen molar-refractivity contribution in [2.45, 2.75) is 65.2 Å². The number of hydrogen-bond donors (Lipinski definition) is 1. The molecule has 3 rings (SSSR count). The van der Waals surface area contributed by atoms with Crippen LogP contribution in [0.25, 0.3) is 0 Å². The average molecular weight is 449 g/mol. The van der Waals surface area contributed by atoms with Crippen LogP contribution in [0.1, 0.15) is 64.0 Å². The lowest BCUT2D eigenvalue weighted by Crippen LogP contribution is -2.48. The van der Waals surface area contributed by atoms with Gasteiger partial charge in [-0.25, -0.2) is 4.79 Å². The first kappa shape index (κ1) is 24.6. The topological polar surface area (TPSA) is 76.0 Å². The highest BCUT2D eigenvalue weighted by molar-refractivity contribution is 5.92. The number of nitrogens with one attached hydrogen (secondary N) is 1. The molecule has 1 aromatic heterocycles. The lowest BCUT2D eigenvalue weighted by atomic mass is 10.0. The van der Waals surface area contributed by atoms with Gasteiger partial charge in [0.25, 0.3) is 5.91 Å². The van der Waals surface area contributed by atoms with Gasteiger partial charge >= 0.3 is 6.09 Å². The number of hydrogen-bond acceptors (Lipinski definition) is 5. The summed E-state index contributed by atoms with van der Waals surface area (Å²) in [6, 6.07) is 3.97. The van der Waals surface area contributed by atoms with E-state index in [0.29, 0.717) is 37.9 Å². The molecule has 32 heavy (non-hydrogen) atoms. The summed E-state index contributed by atoms with van der Waals surface area (Å²) in [5.41, 5.74) is 0.170. The Balaban J connectivity index is 1.50. The Morgan fingerprint density at radius 2 is 1.94 bits per heavy atom. The maximum Gasteiger partial charge on any atom is 0.410 e. The minimum absolute atomic E-state index is 0.0203. The molecule has 2 aliphatic heterocycles. The first-order chi connectivity index (χ1) is 15.1. The van der Waals surface area contributed by atoms with E-state index < -0.39 is 5.60 Å². The van der Waals surface area contributed by atoms with Gasteiger partial charge in [-0.05, 0) is 51.7 Å². The van der Waals surface area contributed by atoms with Gasteiger partial charge < -0.3 is 24.3 Å². The minimum atomic E-state index is -0.493. The third-order valence-electron chi connectivity index (χ3n) is 5.86. The van der Waals surface area contributed by atoms with Crippen LogP contribution in [0.4, 0.5) is 4.79 Å². The van der Waals surface area contributed by atoms with Crippen LogP contribution >= 0.6 is 0 Å². The molecule has 1 N–H and O–H groups in total. The number of piperidine rings is 1. The van der Waals surface area contributed by atoms with Crippen molar-refractivity contribution in [3.63, 3.8) is 0 Å². The van der Waals surface area contributed by atoms with Crippen LogP contribution in [0.15, 0.2) is 18.3 Å². The zero-order valence-corrected chi connectivity index (χ0v) is 20.3. The molecule has 1 unspecified atom stereocenters. The summed E-state index contributed by atoms with van der Waals surface area (Å²) < 4.78 is 13.4. The fourth-order valence-electron chi connectivity index (χ4n) is 4.44. The highest BCUT2D eigenvalue weighted by Gasteiger charge is 2.29. The number of nitrogens with zero attached hydrogens (tertiary/aromatic N) is 3. The number of ether oxygens (including phenoxy) is 2. The second-order valence-electron chi connectivity index (χ2n) is 10.4. The van der Waals surface area contributed by atoms with Crippen LogP contribution in [0.5, 0.6) is 0 Å². The van der Waals surface area contributed by atoms with Gasteiger partial charge in [-0.15, -0.1) is 0 Å². The van der Waals surface area contributed by atoms with Crippen molar-refractivity contribution < 1.29 is 19.1 Å². The van der Waals surface area contributed by atoms with Crippen LogP contribution < -0.4 is 5.32 Å². The highest BCUT2D eigenvalue weighted by atomic mass is 16.6. The molecule has 2 fully saturated rings. The van der Waals surface area contributed by atoms with Crippen molar-refractivity contribution in [1.82, 2.24) is 19.7 Å². The van der Waals surface area contributed by atoms with Crippen LogP contribution in [0, 0.1) is 5.92 Å². The molecule has 2 amide bonds. The number of carbonyl (C=O) groups excluding carboxylic acids is 2. The third-order valence-corrected chi connectivity index (χ3v) is 5.86. The molecule has 0 radical (unpaired) electrons. The number of rotatable bonds is 6. The molecule has 1 atom stereocenters. The molecule has 0 bridgehead atoms. The molecule has 0 aliphatic carbocycles. The van der Waals surface area contributed by atoms with Crippen molar-refractivity contribution in [2.75, 3.05) is 45.9 Å². The molecule has 0 aromatic carbocycles. The second kappa shape index (κ2) is 10.7. The van der Waals surface area contributed by atoms with Gasteiger partial charge in [0, 0.05) is 51.5 Å². The van der Waals surface area contributed by atoms with Gasteiger partial charge in [0.2, 0.25) is 0 Å². The van der Waals surface area contributed by atoms with Crippen molar-refractivity contribution in [3.8, 4) is 0 Å². The lowest BCUT2D eigenvalue weighted by Gasteiger charge is -2.35. The molecule has 0 spiro atoms. The van der Waals surface area contributed by atoms with Crippen molar-refractivity contribution in [3.05, 3.63) is 24.0 Å². The van der Waals surface area contributed by atoms with Gasteiger partial charge in [-0.1, -0.05) is 13.8 Å². The van der Waals surface area contributed by atoms with Crippen LogP contribution in [-0.4, -0.2) is 83.9 Å². The normalized spacial score (nSPS) is 21.1. The first-order valence-electron chi connectivity index (χ1n) is 11.9. The van der Waals surface area contributed by atoms with Crippen LogP contribution in [0.3, 0.4) is 0 Å². The number of morpholine rings is 1. The molecule has 1 aromatic rings. The highest BCUT2D eigenvalue weighted by Crippen LogP contribution is 2.25. The number of aromatic nitrogens is 1. The van der Waals surface area contributed by atoms with Gasteiger partial charge in [0.1, 0.15) is 11.3 Å². The lowest BCUT2D eigenvalue weighted by molar-refractivity contribution is -0.0296. The van der Waals surface area contributed by atoms with Gasteiger partial charge in [-0.2, -0.15) is 0 Å². The quantitative estimate of drug-likeness (QED) is 0.724. The zero-order chi connectivity index (χ0) is 23.3. The largest absolute Gasteiger partial charge is 0.444 e. The summed E-state index contributed by atoms with van der Waals surface area (Å²) in [6.07, 6.45) is 3.31. The Labute approximate surface area is 192 Å². The fourth-order valence-corrected chi connectivity index (χ4v) is 4.44. The minimum Gasteiger partial charge on any atom is -0.444 e. The Morgan fingerprint density at radius 3 is 2.59 bits per heavy atom. The molecular formula is C24H40N4O4. The van der Waals surface area contributed by atoms with Gasteiger partial charge in [-0.3, -0.25) is 9.69 Å². The maximum absolute atomic E-state index is 12.9. The van der Waals surface area contributed by atoms with E-state index in [2.05, 4.69) is 28.6 Å². The van der Waals surface area contributed by atoms with Gasteiger partial charge in [0.15, 0.2) is 0 Å². The second-order valence-corrected chi connectivity index (χ2v) is 10.4. The predicted octanol–water partition coefficient (Wildman–Crippen LogP) is 3.15. The molecule has 180 valence electrons. The average Bonchev–Trinajstić information content (AvgIpc) is 3.21. The van der Waals surface area contributed by atoms with Crippen molar-refractivity contribution >= 4 is 12.0 Å². The Bertz CT molecular complexity index is 762. The maximum atomic E-state index is 12.9. The Hall–Kier alpha value is -2.06. The van der Waals surface area contributed by atoms with Crippen LogP contribution in [0.2, 0.25) is 0 Å². The van der Waals surface area contributed by atoms with E-state index in [1.54, 1.807) is 4.90 Å². The standard InChI is InChI=1S/C24H40N4O4/c1-18(2)16-26-13-14-31-20(17-26)15-25-22(29)21-7-6-10-28(21)19-8-11-27(12-9-19)23(30)32-24(3,4)5/h6-7,10,18-20H,8-9,11-17H2,1-5H3,(H,25,29). The van der Waals surface area contributed by atoms with E-state index in [0.717, 1.165) is 32.5 Å². The third kappa shape index (κ3) is 6.97. The first-order valence-corrected chi connectivity index (χ1v) is 11.9. The molecule has 8 nitrogen and oxygen atoms in total. The number of amides is 2. The predicted molar refractivity (Wildman–Crippen MR) is 124 cm³/mol. The molecule has 8 heteroatoms. The van der Waals surface area contributed by atoms with Crippen molar-refractivity contribution in [1.29, 1.82) is 0 Å².